The lowest BCUT2D eigenvalue weighted by Crippen LogP contribution is -2.18. The summed E-state index contributed by atoms with van der Waals surface area (Å²) in [4.78, 5) is 24.2. The molecule has 0 aliphatic heterocycles. The fourth-order valence-corrected chi connectivity index (χ4v) is 3.47. The van der Waals surface area contributed by atoms with Crippen LogP contribution in [0.5, 0.6) is 0 Å². The molecule has 0 amide bonds. The first kappa shape index (κ1) is 18.4. The topological polar surface area (TPSA) is 52.6 Å². The zero-order valence-electron chi connectivity index (χ0n) is 14.1. The van der Waals surface area contributed by atoms with Gasteiger partial charge in [0.1, 0.15) is 0 Å². The predicted molar refractivity (Wildman–Crippen MR) is 90.1 cm³/mol. The number of hydrogen-bond donors (Lipinski definition) is 0. The van der Waals surface area contributed by atoms with Crippen molar-refractivity contribution in [1.29, 1.82) is 0 Å². The second-order valence-corrected chi connectivity index (χ2v) is 12.2. The number of rotatable bonds is 6. The molecule has 0 saturated heterocycles. The summed E-state index contributed by atoms with van der Waals surface area (Å²) in [6.45, 7) is 10.6. The highest BCUT2D eigenvalue weighted by Gasteiger charge is 2.39. The van der Waals surface area contributed by atoms with E-state index >= 15 is 0 Å². The normalized spacial score (nSPS) is 22.0. The Bertz CT molecular complexity index is 511. The zero-order chi connectivity index (χ0) is 16.9. The Morgan fingerprint density at radius 2 is 1.64 bits per heavy atom. The van der Waals surface area contributed by atoms with E-state index in [0.29, 0.717) is 17.6 Å². The number of carbonyl (C=O) groups is 2. The smallest absolute Gasteiger partial charge is 0.334 e. The molecule has 0 bridgehead atoms. The van der Waals surface area contributed by atoms with Crippen molar-refractivity contribution < 1.29 is 19.1 Å². The van der Waals surface area contributed by atoms with Gasteiger partial charge < -0.3 is 9.47 Å². The van der Waals surface area contributed by atoms with Crippen molar-refractivity contribution in [2.24, 2.45) is 11.8 Å². The van der Waals surface area contributed by atoms with E-state index in [0.717, 1.165) is 6.04 Å². The van der Waals surface area contributed by atoms with E-state index in [1.54, 1.807) is 6.08 Å². The van der Waals surface area contributed by atoms with Crippen LogP contribution in [-0.4, -0.2) is 34.2 Å². The summed E-state index contributed by atoms with van der Waals surface area (Å²) in [5.74, 6) is -1.25. The standard InChI is InChI=1S/C17H26O4Si/c1-7-12-11-13(9-8-10-22(4,5)6)15(17(19)21-3)14(12)16(18)20-2/h7-9,12-13H,1,10-11H2,2-6H3/b9-8+/t12-,13+/m1/s1. The van der Waals surface area contributed by atoms with E-state index in [2.05, 4.69) is 32.3 Å². The molecule has 0 saturated carbocycles. The maximum atomic E-state index is 12.1. The highest BCUT2D eigenvalue weighted by atomic mass is 28.3. The van der Waals surface area contributed by atoms with E-state index in [1.165, 1.54) is 14.2 Å². The van der Waals surface area contributed by atoms with Crippen LogP contribution in [0.15, 0.2) is 36.0 Å². The monoisotopic (exact) mass is 322 g/mol. The van der Waals surface area contributed by atoms with Gasteiger partial charge in [0.15, 0.2) is 0 Å². The van der Waals surface area contributed by atoms with Crippen LogP contribution in [0.4, 0.5) is 0 Å². The average Bonchev–Trinajstić information content (AvgIpc) is 2.82. The number of esters is 2. The van der Waals surface area contributed by atoms with Gasteiger partial charge in [-0.05, 0) is 12.5 Å². The molecule has 0 spiro atoms. The minimum Gasteiger partial charge on any atom is -0.466 e. The molecule has 0 heterocycles. The third-order valence-corrected chi connectivity index (χ3v) is 5.19. The lowest BCUT2D eigenvalue weighted by Gasteiger charge is -2.13. The Hall–Kier alpha value is -1.62. The Kier molecular flexibility index (Phi) is 6.35. The van der Waals surface area contributed by atoms with E-state index < -0.39 is 20.0 Å². The van der Waals surface area contributed by atoms with Crippen LogP contribution >= 0.6 is 0 Å². The maximum absolute atomic E-state index is 12.1. The fraction of sp³-hybridized carbons (Fsp3) is 0.529. The van der Waals surface area contributed by atoms with Crippen molar-refractivity contribution in [3.05, 3.63) is 36.0 Å². The van der Waals surface area contributed by atoms with Crippen molar-refractivity contribution in [1.82, 2.24) is 0 Å². The SMILES string of the molecule is C=C[C@@H]1C[C@H](/C=C/C[Si](C)(C)C)C(C(=O)OC)=C1C(=O)OC. The molecule has 122 valence electrons. The predicted octanol–water partition coefficient (Wildman–Crippen LogP) is 3.35. The van der Waals surface area contributed by atoms with Crippen molar-refractivity contribution in [3.8, 4) is 0 Å². The zero-order valence-corrected chi connectivity index (χ0v) is 15.1. The van der Waals surface area contributed by atoms with Crippen molar-refractivity contribution in [3.63, 3.8) is 0 Å². The number of methoxy groups -OCH3 is 2. The van der Waals surface area contributed by atoms with Gasteiger partial charge in [0.2, 0.25) is 0 Å². The van der Waals surface area contributed by atoms with Crippen LogP contribution in [-0.2, 0) is 19.1 Å². The molecule has 2 atom stereocenters. The third kappa shape index (κ3) is 4.43. The summed E-state index contributed by atoms with van der Waals surface area (Å²) < 4.78 is 9.69. The number of hydrogen-bond acceptors (Lipinski definition) is 4. The number of ether oxygens (including phenoxy) is 2. The van der Waals surface area contributed by atoms with Gasteiger partial charge in [0, 0.05) is 19.9 Å². The van der Waals surface area contributed by atoms with E-state index in [1.807, 2.05) is 6.08 Å². The minimum atomic E-state index is -1.19. The molecule has 1 rings (SSSR count). The molecule has 0 radical (unpaired) electrons. The summed E-state index contributed by atoms with van der Waals surface area (Å²) in [5, 5.41) is 0. The maximum Gasteiger partial charge on any atom is 0.334 e. The summed E-state index contributed by atoms with van der Waals surface area (Å²) in [7, 11) is 1.46. The lowest BCUT2D eigenvalue weighted by molar-refractivity contribution is -0.139. The van der Waals surface area contributed by atoms with E-state index in [9.17, 15) is 9.59 Å². The fourth-order valence-electron chi connectivity index (χ4n) is 2.63. The third-order valence-electron chi connectivity index (χ3n) is 3.73. The summed E-state index contributed by atoms with van der Waals surface area (Å²) >= 11 is 0. The Labute approximate surface area is 133 Å². The minimum absolute atomic E-state index is 0.124. The molecule has 0 unspecified atom stereocenters. The Morgan fingerprint density at radius 1 is 1.14 bits per heavy atom. The van der Waals surface area contributed by atoms with Gasteiger partial charge >= 0.3 is 11.9 Å². The molecular weight excluding hydrogens is 296 g/mol. The summed E-state index contributed by atoms with van der Waals surface area (Å²) in [6.07, 6.45) is 6.50. The first-order valence-corrected chi connectivity index (χ1v) is 11.2. The second kappa shape index (κ2) is 7.58. The van der Waals surface area contributed by atoms with Crippen molar-refractivity contribution >= 4 is 20.0 Å². The highest BCUT2D eigenvalue weighted by molar-refractivity contribution is 6.76. The quantitative estimate of drug-likeness (QED) is 0.427. The second-order valence-electron chi connectivity index (χ2n) is 6.69. The van der Waals surface area contributed by atoms with E-state index in [-0.39, 0.29) is 11.8 Å². The van der Waals surface area contributed by atoms with Crippen molar-refractivity contribution in [2.75, 3.05) is 14.2 Å². The van der Waals surface area contributed by atoms with Crippen LogP contribution < -0.4 is 0 Å². The summed E-state index contributed by atoms with van der Waals surface area (Å²) in [6, 6.07) is 1.03. The largest absolute Gasteiger partial charge is 0.466 e. The average molecular weight is 322 g/mol. The Balaban J connectivity index is 3.17. The van der Waals surface area contributed by atoms with Gasteiger partial charge in [-0.2, -0.15) is 0 Å². The van der Waals surface area contributed by atoms with Gasteiger partial charge in [0.05, 0.1) is 25.4 Å². The molecule has 1 aliphatic carbocycles. The van der Waals surface area contributed by atoms with E-state index in [4.69, 9.17) is 9.47 Å². The molecule has 1 aliphatic rings. The van der Waals surface area contributed by atoms with Gasteiger partial charge in [-0.3, -0.25) is 0 Å². The highest BCUT2D eigenvalue weighted by Crippen LogP contribution is 2.39. The molecule has 0 fully saturated rings. The molecule has 0 aromatic rings. The van der Waals surface area contributed by atoms with Crippen LogP contribution in [0.3, 0.4) is 0 Å². The molecule has 0 N–H and O–H groups in total. The van der Waals surface area contributed by atoms with Crippen LogP contribution in [0.2, 0.25) is 25.7 Å². The van der Waals surface area contributed by atoms with Gasteiger partial charge in [-0.25, -0.2) is 9.59 Å². The van der Waals surface area contributed by atoms with Gasteiger partial charge in [-0.1, -0.05) is 37.9 Å². The van der Waals surface area contributed by atoms with Crippen LogP contribution in [0.1, 0.15) is 6.42 Å². The lowest BCUT2D eigenvalue weighted by atomic mass is 9.99. The number of carbonyl (C=O) groups excluding carboxylic acids is 2. The first-order valence-electron chi connectivity index (χ1n) is 7.45. The first-order chi connectivity index (χ1) is 10.2. The van der Waals surface area contributed by atoms with Crippen molar-refractivity contribution in [2.45, 2.75) is 32.1 Å². The molecule has 4 nitrogen and oxygen atoms in total. The van der Waals surface area contributed by atoms with Crippen LogP contribution in [0.25, 0.3) is 0 Å². The summed E-state index contributed by atoms with van der Waals surface area (Å²) in [5.41, 5.74) is 0.790. The molecule has 22 heavy (non-hydrogen) atoms. The van der Waals surface area contributed by atoms with Crippen LogP contribution in [0, 0.1) is 11.8 Å². The Morgan fingerprint density at radius 3 is 2.05 bits per heavy atom. The van der Waals surface area contributed by atoms with Gasteiger partial charge in [-0.15, -0.1) is 6.58 Å². The molecule has 0 aromatic carbocycles. The number of allylic oxidation sites excluding steroid dienone is 3. The van der Waals surface area contributed by atoms with Gasteiger partial charge in [0.25, 0.3) is 0 Å². The molecular formula is C17H26O4Si. The molecule has 5 heteroatoms. The molecule has 0 aromatic heterocycles.